The van der Waals surface area contributed by atoms with Gasteiger partial charge in [0.05, 0.1) is 10.5 Å². The molecular weight excluding hydrogens is 224 g/mol. The minimum Gasteiger partial charge on any atom is -0.389 e. The second-order valence-electron chi connectivity index (χ2n) is 4.30. The third kappa shape index (κ3) is 4.20. The normalized spacial score (nSPS) is 11.0. The lowest BCUT2D eigenvalue weighted by Gasteiger charge is -2.17. The summed E-state index contributed by atoms with van der Waals surface area (Å²) in [6.45, 7) is 3.26. The predicted molar refractivity (Wildman–Crippen MR) is 61.7 cm³/mol. The average molecular weight is 238 g/mol. The number of nitro benzene ring substituents is 1. The number of rotatable bonds is 4. The Bertz CT molecular complexity index is 420. The summed E-state index contributed by atoms with van der Waals surface area (Å²) in [6.07, 6.45) is 0. The van der Waals surface area contributed by atoms with E-state index in [0.29, 0.717) is 5.56 Å². The highest BCUT2D eigenvalue weighted by atomic mass is 16.6. The number of hydrogen-bond acceptors (Lipinski definition) is 4. The summed E-state index contributed by atoms with van der Waals surface area (Å²) in [6, 6.07) is 5.27. The summed E-state index contributed by atoms with van der Waals surface area (Å²) in [5.74, 6) is -0.373. The molecule has 0 fully saturated rings. The van der Waals surface area contributed by atoms with Crippen LogP contribution in [0.4, 0.5) is 5.69 Å². The van der Waals surface area contributed by atoms with Crippen LogP contribution in [0.3, 0.4) is 0 Å². The molecule has 0 atom stereocenters. The first-order valence-corrected chi connectivity index (χ1v) is 5.04. The Kier molecular flexibility index (Phi) is 3.80. The van der Waals surface area contributed by atoms with E-state index in [4.69, 9.17) is 0 Å². The summed E-state index contributed by atoms with van der Waals surface area (Å²) < 4.78 is 0. The van der Waals surface area contributed by atoms with Crippen LogP contribution >= 0.6 is 0 Å². The molecule has 17 heavy (non-hydrogen) atoms. The lowest BCUT2D eigenvalue weighted by Crippen LogP contribution is -2.38. The number of nitro groups is 1. The Morgan fingerprint density at radius 2 is 1.94 bits per heavy atom. The molecule has 0 radical (unpaired) electrons. The number of carbonyl (C=O) groups is 1. The van der Waals surface area contributed by atoms with Crippen molar-refractivity contribution in [1.82, 2.24) is 5.32 Å². The van der Waals surface area contributed by atoms with Crippen molar-refractivity contribution in [3.8, 4) is 0 Å². The first-order valence-electron chi connectivity index (χ1n) is 5.04. The van der Waals surface area contributed by atoms with E-state index in [-0.39, 0.29) is 18.1 Å². The molecule has 6 heteroatoms. The van der Waals surface area contributed by atoms with E-state index in [0.717, 1.165) is 0 Å². The van der Waals surface area contributed by atoms with E-state index in [1.807, 2.05) is 0 Å². The van der Waals surface area contributed by atoms with Gasteiger partial charge in [-0.15, -0.1) is 0 Å². The highest BCUT2D eigenvalue weighted by molar-refractivity contribution is 5.94. The minimum atomic E-state index is -0.990. The monoisotopic (exact) mass is 238 g/mol. The van der Waals surface area contributed by atoms with E-state index in [2.05, 4.69) is 5.32 Å². The first-order chi connectivity index (χ1) is 7.79. The zero-order valence-corrected chi connectivity index (χ0v) is 9.64. The molecule has 6 nitrogen and oxygen atoms in total. The fraction of sp³-hybridized carbons (Fsp3) is 0.364. The molecule has 1 rings (SSSR count). The van der Waals surface area contributed by atoms with E-state index in [1.54, 1.807) is 13.8 Å². The fourth-order valence-electron chi connectivity index (χ4n) is 1.13. The van der Waals surface area contributed by atoms with Gasteiger partial charge in [0.1, 0.15) is 0 Å². The van der Waals surface area contributed by atoms with Crippen LogP contribution in [-0.4, -0.2) is 28.1 Å². The van der Waals surface area contributed by atoms with Crippen LogP contribution < -0.4 is 5.32 Å². The highest BCUT2D eigenvalue weighted by Crippen LogP contribution is 2.11. The zero-order valence-electron chi connectivity index (χ0n) is 9.64. The van der Waals surface area contributed by atoms with Crippen molar-refractivity contribution in [2.24, 2.45) is 0 Å². The quantitative estimate of drug-likeness (QED) is 0.606. The Balaban J connectivity index is 2.67. The molecule has 1 aromatic carbocycles. The van der Waals surface area contributed by atoms with Crippen LogP contribution in [-0.2, 0) is 0 Å². The lowest BCUT2D eigenvalue weighted by molar-refractivity contribution is -0.384. The van der Waals surface area contributed by atoms with Crippen molar-refractivity contribution in [2.75, 3.05) is 6.54 Å². The maximum atomic E-state index is 11.6. The molecule has 1 aromatic rings. The number of nitrogens with zero attached hydrogens (tertiary/aromatic N) is 1. The molecule has 0 aromatic heterocycles. The largest absolute Gasteiger partial charge is 0.389 e. The third-order valence-corrected chi connectivity index (χ3v) is 2.02. The highest BCUT2D eigenvalue weighted by Gasteiger charge is 2.15. The third-order valence-electron chi connectivity index (χ3n) is 2.02. The van der Waals surface area contributed by atoms with Gasteiger partial charge in [0.2, 0.25) is 0 Å². The van der Waals surface area contributed by atoms with Crippen LogP contribution in [0.1, 0.15) is 24.2 Å². The van der Waals surface area contributed by atoms with Crippen molar-refractivity contribution in [1.29, 1.82) is 0 Å². The molecule has 92 valence electrons. The van der Waals surface area contributed by atoms with E-state index < -0.39 is 10.5 Å². The summed E-state index contributed by atoms with van der Waals surface area (Å²) >= 11 is 0. The van der Waals surface area contributed by atoms with Gasteiger partial charge in [-0.1, -0.05) is 0 Å². The number of non-ortho nitro benzene ring substituents is 1. The van der Waals surface area contributed by atoms with Crippen LogP contribution in [0, 0.1) is 10.1 Å². The maximum Gasteiger partial charge on any atom is 0.269 e. The summed E-state index contributed by atoms with van der Waals surface area (Å²) in [4.78, 5) is 21.5. The van der Waals surface area contributed by atoms with Crippen LogP contribution in [0.25, 0.3) is 0 Å². The molecule has 0 aliphatic rings. The lowest BCUT2D eigenvalue weighted by atomic mass is 10.1. The van der Waals surface area contributed by atoms with Crippen LogP contribution in [0.2, 0.25) is 0 Å². The molecule has 0 bridgehead atoms. The van der Waals surface area contributed by atoms with Gasteiger partial charge in [-0.25, -0.2) is 0 Å². The van der Waals surface area contributed by atoms with Gasteiger partial charge < -0.3 is 10.4 Å². The zero-order chi connectivity index (χ0) is 13.1. The second kappa shape index (κ2) is 4.92. The Labute approximate surface area is 98.4 Å². The number of aliphatic hydroxyl groups is 1. The maximum absolute atomic E-state index is 11.6. The van der Waals surface area contributed by atoms with E-state index in [9.17, 15) is 20.0 Å². The minimum absolute atomic E-state index is 0.0657. The van der Waals surface area contributed by atoms with Gasteiger partial charge in [-0.3, -0.25) is 14.9 Å². The summed E-state index contributed by atoms with van der Waals surface area (Å²) in [5.41, 5.74) is -0.736. The Hall–Kier alpha value is -1.95. The second-order valence-corrected chi connectivity index (χ2v) is 4.30. The molecule has 0 aliphatic heterocycles. The Morgan fingerprint density at radius 1 is 1.41 bits per heavy atom. The van der Waals surface area contributed by atoms with E-state index in [1.165, 1.54) is 24.3 Å². The molecule has 0 aliphatic carbocycles. The van der Waals surface area contributed by atoms with Gasteiger partial charge in [0, 0.05) is 24.2 Å². The van der Waals surface area contributed by atoms with Gasteiger partial charge in [0.15, 0.2) is 0 Å². The standard InChI is InChI=1S/C11H14N2O4/c1-11(2,15)7-12-10(14)8-3-5-9(6-4-8)13(16)17/h3-6,15H,7H2,1-2H3,(H,12,14). The van der Waals surface area contributed by atoms with Crippen molar-refractivity contribution in [2.45, 2.75) is 19.4 Å². The summed E-state index contributed by atoms with van der Waals surface area (Å²) in [7, 11) is 0. The molecule has 0 spiro atoms. The van der Waals surface area contributed by atoms with Gasteiger partial charge in [-0.2, -0.15) is 0 Å². The van der Waals surface area contributed by atoms with Crippen molar-refractivity contribution in [3.63, 3.8) is 0 Å². The number of hydrogen-bond donors (Lipinski definition) is 2. The van der Waals surface area contributed by atoms with Crippen LogP contribution in [0.5, 0.6) is 0 Å². The number of amides is 1. The average Bonchev–Trinajstić information content (AvgIpc) is 2.25. The number of nitrogens with one attached hydrogen (secondary N) is 1. The van der Waals surface area contributed by atoms with Crippen molar-refractivity contribution < 1.29 is 14.8 Å². The molecule has 2 N–H and O–H groups in total. The van der Waals surface area contributed by atoms with Gasteiger partial charge in [-0.05, 0) is 26.0 Å². The van der Waals surface area contributed by atoms with Crippen molar-refractivity contribution in [3.05, 3.63) is 39.9 Å². The molecule has 0 heterocycles. The molecule has 1 amide bonds. The smallest absolute Gasteiger partial charge is 0.269 e. The van der Waals surface area contributed by atoms with E-state index >= 15 is 0 Å². The SMILES string of the molecule is CC(C)(O)CNC(=O)c1ccc([N+](=O)[O-])cc1. The predicted octanol–water partition coefficient (Wildman–Crippen LogP) is 1.10. The topological polar surface area (TPSA) is 92.5 Å². The Morgan fingerprint density at radius 3 is 2.35 bits per heavy atom. The van der Waals surface area contributed by atoms with Gasteiger partial charge in [0.25, 0.3) is 11.6 Å². The molecular formula is C11H14N2O4. The van der Waals surface area contributed by atoms with Gasteiger partial charge >= 0.3 is 0 Å². The van der Waals surface area contributed by atoms with Crippen LogP contribution in [0.15, 0.2) is 24.3 Å². The number of carbonyl (C=O) groups excluding carboxylic acids is 1. The summed E-state index contributed by atoms with van der Waals surface area (Å²) in [5, 5.41) is 22.4. The van der Waals surface area contributed by atoms with Crippen molar-refractivity contribution >= 4 is 11.6 Å². The first kappa shape index (κ1) is 13.1. The molecule has 0 unspecified atom stereocenters. The fourth-order valence-corrected chi connectivity index (χ4v) is 1.13. The molecule has 0 saturated heterocycles. The molecule has 0 saturated carbocycles. The number of benzene rings is 1.